The first-order chi connectivity index (χ1) is 15.1. The lowest BCUT2D eigenvalue weighted by Crippen LogP contribution is -2.38. The summed E-state index contributed by atoms with van der Waals surface area (Å²) in [5.41, 5.74) is 2.50. The van der Waals surface area contributed by atoms with Gasteiger partial charge in [-0.1, -0.05) is 23.7 Å². The molecule has 2 atom stereocenters. The Labute approximate surface area is 184 Å². The molecule has 3 heterocycles. The third-order valence-electron chi connectivity index (χ3n) is 5.31. The first kappa shape index (κ1) is 19.5. The van der Waals surface area contributed by atoms with Crippen molar-refractivity contribution < 1.29 is 18.7 Å². The van der Waals surface area contributed by atoms with Gasteiger partial charge in [0.15, 0.2) is 11.5 Å². The van der Waals surface area contributed by atoms with Crippen LogP contribution < -0.4 is 14.8 Å². The molecule has 158 valence electrons. The number of amides is 1. The third-order valence-corrected chi connectivity index (χ3v) is 5.56. The van der Waals surface area contributed by atoms with Crippen LogP contribution >= 0.6 is 11.6 Å². The van der Waals surface area contributed by atoms with E-state index in [9.17, 15) is 4.79 Å². The Kier molecular flexibility index (Phi) is 5.03. The summed E-state index contributed by atoms with van der Waals surface area (Å²) in [7, 11) is 0. The van der Waals surface area contributed by atoms with Gasteiger partial charge in [0.2, 0.25) is 6.79 Å². The highest BCUT2D eigenvalue weighted by atomic mass is 35.5. The third kappa shape index (κ3) is 3.84. The number of halogens is 1. The van der Waals surface area contributed by atoms with Crippen LogP contribution in [0.4, 0.5) is 5.69 Å². The molecule has 31 heavy (non-hydrogen) atoms. The first-order valence-electron chi connectivity index (χ1n) is 9.94. The van der Waals surface area contributed by atoms with Gasteiger partial charge in [-0.25, -0.2) is 5.01 Å². The average Bonchev–Trinajstić information content (AvgIpc) is 3.53. The van der Waals surface area contributed by atoms with E-state index in [0.29, 0.717) is 28.7 Å². The van der Waals surface area contributed by atoms with Crippen LogP contribution in [0.3, 0.4) is 0 Å². The second-order valence-electron chi connectivity index (χ2n) is 7.41. The molecule has 1 aromatic heterocycles. The fourth-order valence-electron chi connectivity index (χ4n) is 3.73. The maximum Gasteiger partial charge on any atom is 0.265 e. The topological polar surface area (TPSA) is 76.3 Å². The van der Waals surface area contributed by atoms with Gasteiger partial charge in [-0.05, 0) is 48.9 Å². The summed E-state index contributed by atoms with van der Waals surface area (Å²) in [6.45, 7) is 2.01. The highest BCUT2D eigenvalue weighted by Gasteiger charge is 2.36. The van der Waals surface area contributed by atoms with Gasteiger partial charge in [-0.3, -0.25) is 4.79 Å². The second-order valence-corrected chi connectivity index (χ2v) is 7.84. The minimum absolute atomic E-state index is 0.164. The summed E-state index contributed by atoms with van der Waals surface area (Å²) in [4.78, 5) is 13.4. The summed E-state index contributed by atoms with van der Waals surface area (Å²) in [5, 5.41) is 10.1. The van der Waals surface area contributed by atoms with Crippen LogP contribution in [0.15, 0.2) is 70.4 Å². The van der Waals surface area contributed by atoms with Gasteiger partial charge in [0.25, 0.3) is 5.91 Å². The number of hydrogen-bond donors (Lipinski definition) is 1. The lowest BCUT2D eigenvalue weighted by atomic mass is 10.0. The highest BCUT2D eigenvalue weighted by Crippen LogP contribution is 2.36. The van der Waals surface area contributed by atoms with Crippen LogP contribution in [0.5, 0.6) is 11.5 Å². The molecule has 0 fully saturated rings. The van der Waals surface area contributed by atoms with Crippen molar-refractivity contribution in [2.75, 3.05) is 12.1 Å². The van der Waals surface area contributed by atoms with Gasteiger partial charge in [-0.15, -0.1) is 0 Å². The quantitative estimate of drug-likeness (QED) is 0.618. The maximum absolute atomic E-state index is 13.4. The molecular formula is C23H20ClN3O4. The van der Waals surface area contributed by atoms with E-state index in [-0.39, 0.29) is 18.7 Å². The first-order valence-corrected chi connectivity index (χ1v) is 10.3. The lowest BCUT2D eigenvalue weighted by molar-refractivity contribution is -0.133. The minimum atomic E-state index is -0.522. The number of nitrogens with one attached hydrogen (secondary N) is 1. The number of benzene rings is 2. The summed E-state index contributed by atoms with van der Waals surface area (Å²) < 4.78 is 16.4. The summed E-state index contributed by atoms with van der Waals surface area (Å²) in [5.74, 6) is 1.88. The molecule has 0 radical (unpaired) electrons. The van der Waals surface area contributed by atoms with Gasteiger partial charge in [0.1, 0.15) is 17.8 Å². The molecule has 0 spiro atoms. The Morgan fingerprint density at radius 1 is 1.16 bits per heavy atom. The Hall–Kier alpha value is -3.45. The van der Waals surface area contributed by atoms with E-state index in [1.54, 1.807) is 6.26 Å². The predicted octanol–water partition coefficient (Wildman–Crippen LogP) is 4.84. The maximum atomic E-state index is 13.4. The van der Waals surface area contributed by atoms with Gasteiger partial charge >= 0.3 is 0 Å². The van der Waals surface area contributed by atoms with Crippen LogP contribution in [0, 0.1) is 0 Å². The number of hydrazone groups is 1. The van der Waals surface area contributed by atoms with Crippen molar-refractivity contribution in [2.24, 2.45) is 5.10 Å². The average molecular weight is 438 g/mol. The second kappa shape index (κ2) is 8.00. The van der Waals surface area contributed by atoms with E-state index in [2.05, 4.69) is 10.4 Å². The number of rotatable bonds is 5. The lowest BCUT2D eigenvalue weighted by Gasteiger charge is -2.24. The summed E-state index contributed by atoms with van der Waals surface area (Å²) in [6.07, 6.45) is 2.16. The molecule has 2 aliphatic rings. The van der Waals surface area contributed by atoms with E-state index in [4.69, 9.17) is 25.5 Å². The molecule has 0 aliphatic carbocycles. The van der Waals surface area contributed by atoms with E-state index < -0.39 is 6.04 Å². The van der Waals surface area contributed by atoms with Crippen LogP contribution in [0.1, 0.15) is 30.7 Å². The number of fused-ring (bicyclic) bond motifs is 1. The number of carbonyl (C=O) groups excluding carboxylic acids is 1. The van der Waals surface area contributed by atoms with E-state index >= 15 is 0 Å². The molecule has 1 N–H and O–H groups in total. The summed E-state index contributed by atoms with van der Waals surface area (Å²) >= 11 is 6.02. The molecule has 5 rings (SSSR count). The Morgan fingerprint density at radius 3 is 2.74 bits per heavy atom. The van der Waals surface area contributed by atoms with Crippen molar-refractivity contribution in [3.8, 4) is 11.5 Å². The standard InChI is InChI=1S/C23H20ClN3O4/c1-14(25-17-8-9-21-22(11-17)31-13-30-21)23(28)27-19(20-3-2-10-29-20)12-18(26-27)15-4-6-16(24)7-5-15/h2-11,14,19,25H,12-13H2,1H3/t14-,19-/m1/s1. The normalized spacial score (nSPS) is 18.1. The molecular weight excluding hydrogens is 418 g/mol. The van der Waals surface area contributed by atoms with Crippen molar-refractivity contribution >= 4 is 28.9 Å². The molecule has 8 heteroatoms. The number of ether oxygens (including phenoxy) is 2. The molecule has 2 aliphatic heterocycles. The number of hydrogen-bond acceptors (Lipinski definition) is 6. The number of anilines is 1. The molecule has 0 saturated heterocycles. The van der Waals surface area contributed by atoms with Gasteiger partial charge < -0.3 is 19.2 Å². The van der Waals surface area contributed by atoms with Crippen LogP contribution in [0.25, 0.3) is 0 Å². The highest BCUT2D eigenvalue weighted by molar-refractivity contribution is 6.30. The largest absolute Gasteiger partial charge is 0.467 e. The molecule has 1 amide bonds. The zero-order valence-corrected chi connectivity index (χ0v) is 17.5. The zero-order chi connectivity index (χ0) is 21.4. The van der Waals surface area contributed by atoms with Crippen molar-refractivity contribution in [1.29, 1.82) is 0 Å². The molecule has 2 aromatic carbocycles. The van der Waals surface area contributed by atoms with Crippen molar-refractivity contribution in [1.82, 2.24) is 5.01 Å². The fourth-order valence-corrected chi connectivity index (χ4v) is 3.86. The fraction of sp³-hybridized carbons (Fsp3) is 0.217. The van der Waals surface area contributed by atoms with Gasteiger partial charge in [0, 0.05) is 23.2 Å². The number of furan rings is 1. The van der Waals surface area contributed by atoms with Crippen LogP contribution in [-0.4, -0.2) is 29.5 Å². The molecule has 3 aromatic rings. The summed E-state index contributed by atoms with van der Waals surface area (Å²) in [6, 6.07) is 15.8. The molecule has 7 nitrogen and oxygen atoms in total. The Morgan fingerprint density at radius 2 is 1.97 bits per heavy atom. The van der Waals surface area contributed by atoms with Gasteiger partial charge in [-0.2, -0.15) is 5.10 Å². The Balaban J connectivity index is 1.39. The zero-order valence-electron chi connectivity index (χ0n) is 16.7. The van der Waals surface area contributed by atoms with Crippen LogP contribution in [-0.2, 0) is 4.79 Å². The minimum Gasteiger partial charge on any atom is -0.467 e. The predicted molar refractivity (Wildman–Crippen MR) is 117 cm³/mol. The SMILES string of the molecule is C[C@@H](Nc1ccc2c(c1)OCO2)C(=O)N1N=C(c2ccc(Cl)cc2)C[C@@H]1c1ccco1. The monoisotopic (exact) mass is 437 g/mol. The van der Waals surface area contributed by atoms with E-state index in [1.807, 2.05) is 61.5 Å². The smallest absolute Gasteiger partial charge is 0.265 e. The van der Waals surface area contributed by atoms with E-state index in [0.717, 1.165) is 17.0 Å². The van der Waals surface area contributed by atoms with Crippen molar-refractivity contribution in [3.63, 3.8) is 0 Å². The number of nitrogens with zero attached hydrogens (tertiary/aromatic N) is 2. The van der Waals surface area contributed by atoms with Crippen molar-refractivity contribution in [3.05, 3.63) is 77.2 Å². The Bertz CT molecular complexity index is 1130. The van der Waals surface area contributed by atoms with E-state index in [1.165, 1.54) is 5.01 Å². The number of carbonyl (C=O) groups is 1. The van der Waals surface area contributed by atoms with Crippen molar-refractivity contribution in [2.45, 2.75) is 25.4 Å². The molecule has 0 unspecified atom stereocenters. The molecule has 0 bridgehead atoms. The van der Waals surface area contributed by atoms with Gasteiger partial charge in [0.05, 0.1) is 12.0 Å². The van der Waals surface area contributed by atoms with Crippen LogP contribution in [0.2, 0.25) is 5.02 Å². The molecule has 0 saturated carbocycles.